The fourth-order valence-electron chi connectivity index (χ4n) is 2.42. The van der Waals surface area contributed by atoms with Crippen LogP contribution in [-0.2, 0) is 0 Å². The predicted molar refractivity (Wildman–Crippen MR) is 90.1 cm³/mol. The molecule has 1 aromatic carbocycles. The van der Waals surface area contributed by atoms with E-state index in [1.807, 2.05) is 31.2 Å². The molecule has 0 spiro atoms. The summed E-state index contributed by atoms with van der Waals surface area (Å²) in [7, 11) is 0. The summed E-state index contributed by atoms with van der Waals surface area (Å²) in [6, 6.07) is 10.5. The van der Waals surface area contributed by atoms with E-state index >= 15 is 0 Å². The Bertz CT molecular complexity index is 965. The number of ketones is 2. The molecule has 1 unspecified atom stereocenters. The van der Waals surface area contributed by atoms with E-state index in [9.17, 15) is 14.9 Å². The van der Waals surface area contributed by atoms with Gasteiger partial charge in [0.15, 0.2) is 17.5 Å². The number of hydrogen-bond acceptors (Lipinski definition) is 4. The van der Waals surface area contributed by atoms with Gasteiger partial charge >= 0.3 is 0 Å². The lowest BCUT2D eigenvalue weighted by Crippen LogP contribution is -2.22. The maximum absolute atomic E-state index is 12.7. The van der Waals surface area contributed by atoms with Gasteiger partial charge in [0.2, 0.25) is 0 Å². The third kappa shape index (κ3) is 2.79. The summed E-state index contributed by atoms with van der Waals surface area (Å²) in [5.41, 5.74) is 2.21. The SMILES string of the molecule is Cc1ccc2c(C(=O)C(C#N)C(=O)c3ccc(Cl)s3)c[nH]c2c1. The molecule has 0 aliphatic heterocycles. The van der Waals surface area contributed by atoms with Crippen LogP contribution < -0.4 is 0 Å². The maximum Gasteiger partial charge on any atom is 0.197 e. The highest BCUT2D eigenvalue weighted by molar-refractivity contribution is 7.18. The average Bonchev–Trinajstić information content (AvgIpc) is 3.13. The van der Waals surface area contributed by atoms with Crippen LogP contribution in [0.3, 0.4) is 0 Å². The number of Topliss-reactive ketones (excluding diaryl/α,β-unsaturated/α-hetero) is 2. The Morgan fingerprint density at radius 3 is 2.70 bits per heavy atom. The Morgan fingerprint density at radius 2 is 2.04 bits per heavy atom. The van der Waals surface area contributed by atoms with E-state index in [0.29, 0.717) is 20.2 Å². The maximum atomic E-state index is 12.7. The molecule has 2 heterocycles. The Hall–Kier alpha value is -2.42. The molecular weight excluding hydrogens is 332 g/mol. The molecule has 0 aliphatic rings. The van der Waals surface area contributed by atoms with Crippen LogP contribution in [0, 0.1) is 24.2 Å². The lowest BCUT2D eigenvalue weighted by Gasteiger charge is -2.05. The standard InChI is InChI=1S/C17H11ClN2O2S/c1-9-2-3-10-12(8-20-13(10)6-9)16(21)11(7-19)17(22)14-4-5-15(18)23-14/h2-6,8,11,20H,1H3. The molecule has 4 nitrogen and oxygen atoms in total. The van der Waals surface area contributed by atoms with E-state index in [1.54, 1.807) is 12.3 Å². The largest absolute Gasteiger partial charge is 0.360 e. The molecule has 2 aromatic heterocycles. The summed E-state index contributed by atoms with van der Waals surface area (Å²) in [6.07, 6.45) is 1.55. The van der Waals surface area contributed by atoms with Crippen molar-refractivity contribution >= 4 is 45.4 Å². The number of H-pyrrole nitrogens is 1. The second-order valence-electron chi connectivity index (χ2n) is 5.15. The van der Waals surface area contributed by atoms with Gasteiger partial charge in [0.25, 0.3) is 0 Å². The highest BCUT2D eigenvalue weighted by atomic mass is 35.5. The molecule has 1 atom stereocenters. The minimum Gasteiger partial charge on any atom is -0.360 e. The summed E-state index contributed by atoms with van der Waals surface area (Å²) in [6.45, 7) is 1.95. The quantitative estimate of drug-likeness (QED) is 0.564. The van der Waals surface area contributed by atoms with Crippen LogP contribution in [0.25, 0.3) is 10.9 Å². The smallest absolute Gasteiger partial charge is 0.197 e. The normalized spacial score (nSPS) is 12.0. The van der Waals surface area contributed by atoms with Gasteiger partial charge in [-0.15, -0.1) is 11.3 Å². The van der Waals surface area contributed by atoms with Crippen molar-refractivity contribution in [3.63, 3.8) is 0 Å². The summed E-state index contributed by atoms with van der Waals surface area (Å²) in [5, 5.41) is 10.0. The Balaban J connectivity index is 1.99. The lowest BCUT2D eigenvalue weighted by atomic mass is 9.93. The average molecular weight is 343 g/mol. The van der Waals surface area contributed by atoms with Gasteiger partial charge in [0, 0.05) is 22.7 Å². The van der Waals surface area contributed by atoms with Crippen LogP contribution in [0.15, 0.2) is 36.5 Å². The molecule has 3 aromatic rings. The number of carbonyl (C=O) groups is 2. The predicted octanol–water partition coefficient (Wildman–Crippen LogP) is 4.40. The zero-order valence-corrected chi connectivity index (χ0v) is 13.7. The number of halogens is 1. The molecule has 23 heavy (non-hydrogen) atoms. The van der Waals surface area contributed by atoms with Crippen LogP contribution in [-0.4, -0.2) is 16.6 Å². The monoisotopic (exact) mass is 342 g/mol. The third-order valence-corrected chi connectivity index (χ3v) is 4.82. The van der Waals surface area contributed by atoms with Crippen molar-refractivity contribution in [3.05, 3.63) is 56.9 Å². The molecular formula is C17H11ClN2O2S. The molecule has 0 radical (unpaired) electrons. The first-order valence-electron chi connectivity index (χ1n) is 6.82. The van der Waals surface area contributed by atoms with Gasteiger partial charge in [-0.3, -0.25) is 9.59 Å². The summed E-state index contributed by atoms with van der Waals surface area (Å²) < 4.78 is 0.444. The Labute approximate surface area is 141 Å². The number of thiophene rings is 1. The van der Waals surface area contributed by atoms with Gasteiger partial charge in [0.1, 0.15) is 0 Å². The van der Waals surface area contributed by atoms with Crippen molar-refractivity contribution in [2.45, 2.75) is 6.92 Å². The van der Waals surface area contributed by atoms with Crippen LogP contribution in [0.5, 0.6) is 0 Å². The molecule has 0 bridgehead atoms. The minimum atomic E-state index is -1.37. The number of nitrogens with one attached hydrogen (secondary N) is 1. The number of carbonyl (C=O) groups excluding carboxylic acids is 2. The van der Waals surface area contributed by atoms with Crippen molar-refractivity contribution < 1.29 is 9.59 Å². The van der Waals surface area contributed by atoms with Crippen molar-refractivity contribution in [2.75, 3.05) is 0 Å². The number of aryl methyl sites for hydroxylation is 1. The highest BCUT2D eigenvalue weighted by Crippen LogP contribution is 2.27. The van der Waals surface area contributed by atoms with Gasteiger partial charge in [-0.05, 0) is 30.7 Å². The van der Waals surface area contributed by atoms with Crippen LogP contribution >= 0.6 is 22.9 Å². The Kier molecular flexibility index (Phi) is 4.03. The van der Waals surface area contributed by atoms with Gasteiger partial charge in [0.05, 0.1) is 15.3 Å². The molecule has 1 N–H and O–H groups in total. The van der Waals surface area contributed by atoms with E-state index in [2.05, 4.69) is 4.98 Å². The molecule has 0 saturated heterocycles. The van der Waals surface area contributed by atoms with Gasteiger partial charge < -0.3 is 4.98 Å². The fourth-order valence-corrected chi connectivity index (χ4v) is 3.44. The first-order chi connectivity index (χ1) is 11.0. The van der Waals surface area contributed by atoms with Gasteiger partial charge in [-0.1, -0.05) is 23.7 Å². The van der Waals surface area contributed by atoms with Crippen molar-refractivity contribution in [1.82, 2.24) is 4.98 Å². The van der Waals surface area contributed by atoms with Crippen molar-refractivity contribution in [2.24, 2.45) is 5.92 Å². The zero-order chi connectivity index (χ0) is 16.6. The minimum absolute atomic E-state index is 0.311. The Morgan fingerprint density at radius 1 is 1.26 bits per heavy atom. The first-order valence-corrected chi connectivity index (χ1v) is 8.02. The summed E-state index contributed by atoms with van der Waals surface area (Å²) in [5.74, 6) is -2.39. The van der Waals surface area contributed by atoms with Crippen LogP contribution in [0.1, 0.15) is 25.6 Å². The number of fused-ring (bicyclic) bond motifs is 1. The first kappa shape index (κ1) is 15.5. The van der Waals surface area contributed by atoms with E-state index in [4.69, 9.17) is 11.6 Å². The van der Waals surface area contributed by atoms with Crippen molar-refractivity contribution in [3.8, 4) is 6.07 Å². The van der Waals surface area contributed by atoms with E-state index in [1.165, 1.54) is 6.07 Å². The number of hydrogen-bond donors (Lipinski definition) is 1. The molecule has 114 valence electrons. The number of benzene rings is 1. The summed E-state index contributed by atoms with van der Waals surface area (Å²) >= 11 is 6.88. The fraction of sp³-hybridized carbons (Fsp3) is 0.118. The third-order valence-electron chi connectivity index (χ3n) is 3.57. The number of aromatic amines is 1. The number of aromatic nitrogens is 1. The summed E-state index contributed by atoms with van der Waals surface area (Å²) in [4.78, 5) is 28.4. The molecule has 0 aliphatic carbocycles. The van der Waals surface area contributed by atoms with E-state index in [0.717, 1.165) is 22.4 Å². The highest BCUT2D eigenvalue weighted by Gasteiger charge is 2.30. The molecule has 0 amide bonds. The van der Waals surface area contributed by atoms with Crippen molar-refractivity contribution in [1.29, 1.82) is 5.26 Å². The molecule has 0 saturated carbocycles. The number of rotatable bonds is 4. The van der Waals surface area contributed by atoms with Crippen LogP contribution in [0.4, 0.5) is 0 Å². The molecule has 3 rings (SSSR count). The second-order valence-corrected chi connectivity index (χ2v) is 6.86. The molecule has 0 fully saturated rings. The molecule has 6 heteroatoms. The van der Waals surface area contributed by atoms with E-state index < -0.39 is 17.5 Å². The number of nitrogens with zero attached hydrogens (tertiary/aromatic N) is 1. The van der Waals surface area contributed by atoms with Gasteiger partial charge in [-0.25, -0.2) is 0 Å². The topological polar surface area (TPSA) is 73.7 Å². The number of nitriles is 1. The van der Waals surface area contributed by atoms with Crippen LogP contribution in [0.2, 0.25) is 4.34 Å². The van der Waals surface area contributed by atoms with E-state index in [-0.39, 0.29) is 0 Å². The lowest BCUT2D eigenvalue weighted by molar-refractivity contribution is 0.0849. The second kappa shape index (κ2) is 5.99. The zero-order valence-electron chi connectivity index (χ0n) is 12.1. The van der Waals surface area contributed by atoms with Gasteiger partial charge in [-0.2, -0.15) is 5.26 Å².